The Balaban J connectivity index is 3.02. The van der Waals surface area contributed by atoms with Crippen molar-refractivity contribution in [2.75, 3.05) is 6.54 Å². The summed E-state index contributed by atoms with van der Waals surface area (Å²) in [6, 6.07) is 6.14. The number of amides is 1. The monoisotopic (exact) mass is 371 g/mol. The second-order valence-corrected chi connectivity index (χ2v) is 6.69. The van der Waals surface area contributed by atoms with Gasteiger partial charge in [0.1, 0.15) is 0 Å². The summed E-state index contributed by atoms with van der Waals surface area (Å²) < 4.78 is 75.1. The Hall–Kier alpha value is -1.77. The highest BCUT2D eigenvalue weighted by molar-refractivity contribution is 5.81. The first-order chi connectivity index (χ1) is 11.1. The highest BCUT2D eigenvalue weighted by atomic mass is 19.4. The molecule has 1 amide bonds. The van der Waals surface area contributed by atoms with Crippen molar-refractivity contribution in [1.82, 2.24) is 4.90 Å². The Kier molecular flexibility index (Phi) is 6.15. The van der Waals surface area contributed by atoms with E-state index in [2.05, 4.69) is 0 Å². The molecule has 0 aliphatic heterocycles. The van der Waals surface area contributed by atoms with Gasteiger partial charge in [0, 0.05) is 6.54 Å². The van der Waals surface area contributed by atoms with Crippen molar-refractivity contribution >= 4 is 5.91 Å². The van der Waals surface area contributed by atoms with E-state index >= 15 is 0 Å². The minimum absolute atomic E-state index is 0.0513. The van der Waals surface area contributed by atoms with Gasteiger partial charge < -0.3 is 10.0 Å². The quantitative estimate of drug-likeness (QED) is 0.818. The van der Waals surface area contributed by atoms with Crippen molar-refractivity contribution in [1.29, 1.82) is 0 Å². The largest absolute Gasteiger partial charge is 0.471 e. The molecule has 0 saturated carbocycles. The van der Waals surface area contributed by atoms with E-state index in [-0.39, 0.29) is 15.9 Å². The van der Waals surface area contributed by atoms with Gasteiger partial charge in [0.05, 0.1) is 6.54 Å². The van der Waals surface area contributed by atoms with Crippen molar-refractivity contribution < 1.29 is 36.2 Å². The normalized spacial score (nSPS) is 14.3. The summed E-state index contributed by atoms with van der Waals surface area (Å²) in [5.74, 6) is -2.43. The van der Waals surface area contributed by atoms with Crippen molar-refractivity contribution in [3.05, 3.63) is 35.4 Å². The molecular weight excluding hydrogens is 352 g/mol. The van der Waals surface area contributed by atoms with E-state index in [9.17, 15) is 31.1 Å². The van der Waals surface area contributed by atoms with Gasteiger partial charge >= 0.3 is 18.3 Å². The first-order valence-electron chi connectivity index (χ1n) is 7.32. The van der Waals surface area contributed by atoms with E-state index in [1.54, 1.807) is 12.1 Å². The smallest absolute Gasteiger partial charge is 0.382 e. The number of halogens is 6. The maximum absolute atomic E-state index is 12.6. The number of nitrogens with zero attached hydrogens (tertiary/aromatic N) is 1. The highest BCUT2D eigenvalue weighted by Crippen LogP contribution is 2.26. The van der Waals surface area contributed by atoms with Gasteiger partial charge in [-0.05, 0) is 16.5 Å². The average molecular weight is 371 g/mol. The van der Waals surface area contributed by atoms with Crippen LogP contribution >= 0.6 is 0 Å². The molecule has 0 aromatic heterocycles. The number of aliphatic hydroxyl groups excluding tert-OH is 1. The van der Waals surface area contributed by atoms with Crippen LogP contribution in [0.2, 0.25) is 0 Å². The molecule has 0 fully saturated rings. The van der Waals surface area contributed by atoms with E-state index < -0.39 is 37.5 Å². The number of alkyl halides is 6. The molecule has 1 N–H and O–H groups in total. The SMILES string of the molecule is CC(C)(C)c1ccc(CN(CC(O)C(F)(F)F)C(=O)C(F)(F)F)cc1. The molecule has 0 spiro atoms. The molecule has 1 rings (SSSR count). The van der Waals surface area contributed by atoms with E-state index in [0.29, 0.717) is 0 Å². The molecule has 0 radical (unpaired) electrons. The minimum atomic E-state index is -5.34. The van der Waals surface area contributed by atoms with Gasteiger partial charge in [0.25, 0.3) is 0 Å². The number of hydrogen-bond acceptors (Lipinski definition) is 2. The summed E-state index contributed by atoms with van der Waals surface area (Å²) in [5.41, 5.74) is 0.882. The van der Waals surface area contributed by atoms with Crippen LogP contribution in [0, 0.1) is 0 Å². The molecule has 0 saturated heterocycles. The second kappa shape index (κ2) is 7.23. The first-order valence-corrected chi connectivity index (χ1v) is 7.32. The van der Waals surface area contributed by atoms with Crippen LogP contribution in [-0.4, -0.2) is 40.9 Å². The van der Waals surface area contributed by atoms with Crippen LogP contribution in [0.1, 0.15) is 31.9 Å². The van der Waals surface area contributed by atoms with Crippen LogP contribution in [0.25, 0.3) is 0 Å². The summed E-state index contributed by atoms with van der Waals surface area (Å²) in [4.78, 5) is 11.3. The fraction of sp³-hybridized carbons (Fsp3) is 0.562. The van der Waals surface area contributed by atoms with Gasteiger partial charge in [0.2, 0.25) is 0 Å². The van der Waals surface area contributed by atoms with Crippen LogP contribution < -0.4 is 0 Å². The second-order valence-electron chi connectivity index (χ2n) is 6.69. The molecule has 3 nitrogen and oxygen atoms in total. The standard InChI is InChI=1S/C16H19F6NO2/c1-14(2,3)11-6-4-10(5-7-11)8-23(13(25)16(20,21)22)9-12(24)15(17,18)19/h4-7,12,24H,8-9H2,1-3H3. The highest BCUT2D eigenvalue weighted by Gasteiger charge is 2.46. The van der Waals surface area contributed by atoms with E-state index in [1.165, 1.54) is 12.1 Å². The van der Waals surface area contributed by atoms with Gasteiger partial charge in [-0.25, -0.2) is 0 Å². The average Bonchev–Trinajstić information content (AvgIpc) is 2.43. The zero-order valence-electron chi connectivity index (χ0n) is 13.9. The molecular formula is C16H19F6NO2. The predicted molar refractivity (Wildman–Crippen MR) is 78.7 cm³/mol. The minimum Gasteiger partial charge on any atom is -0.382 e. The van der Waals surface area contributed by atoms with Gasteiger partial charge in [-0.3, -0.25) is 4.79 Å². The number of benzene rings is 1. The Morgan fingerprint density at radius 2 is 1.52 bits per heavy atom. The third-order valence-electron chi connectivity index (χ3n) is 3.49. The third-order valence-corrected chi connectivity index (χ3v) is 3.49. The van der Waals surface area contributed by atoms with Crippen LogP contribution in [0.3, 0.4) is 0 Å². The summed E-state index contributed by atoms with van der Waals surface area (Å²) in [6.07, 6.45) is -13.5. The summed E-state index contributed by atoms with van der Waals surface area (Å²) in [5, 5.41) is 9.01. The Morgan fingerprint density at radius 3 is 1.88 bits per heavy atom. The fourth-order valence-corrected chi connectivity index (χ4v) is 2.04. The van der Waals surface area contributed by atoms with Gasteiger partial charge in [0.15, 0.2) is 6.10 Å². The lowest BCUT2D eigenvalue weighted by Crippen LogP contribution is -2.47. The lowest BCUT2D eigenvalue weighted by molar-refractivity contribution is -0.215. The van der Waals surface area contributed by atoms with Crippen LogP contribution in [0.15, 0.2) is 24.3 Å². The zero-order valence-corrected chi connectivity index (χ0v) is 13.9. The van der Waals surface area contributed by atoms with E-state index in [4.69, 9.17) is 5.11 Å². The molecule has 9 heteroatoms. The Labute approximate surface area is 141 Å². The van der Waals surface area contributed by atoms with Crippen molar-refractivity contribution in [3.8, 4) is 0 Å². The molecule has 1 unspecified atom stereocenters. The number of rotatable bonds is 4. The molecule has 25 heavy (non-hydrogen) atoms. The molecule has 1 atom stereocenters. The molecule has 0 heterocycles. The number of carbonyl (C=O) groups excluding carboxylic acids is 1. The Morgan fingerprint density at radius 1 is 1.04 bits per heavy atom. The molecule has 1 aromatic carbocycles. The van der Waals surface area contributed by atoms with Crippen molar-refractivity contribution in [2.45, 2.75) is 51.2 Å². The maximum atomic E-state index is 12.6. The molecule has 0 aliphatic rings. The Bertz CT molecular complexity index is 587. The lowest BCUT2D eigenvalue weighted by Gasteiger charge is -2.27. The van der Waals surface area contributed by atoms with Gasteiger partial charge in [-0.1, -0.05) is 45.0 Å². The van der Waals surface area contributed by atoms with Crippen LogP contribution in [0.4, 0.5) is 26.3 Å². The predicted octanol–water partition coefficient (Wildman–Crippen LogP) is 3.80. The van der Waals surface area contributed by atoms with Crippen molar-refractivity contribution in [2.24, 2.45) is 0 Å². The number of carbonyl (C=O) groups is 1. The maximum Gasteiger partial charge on any atom is 0.471 e. The molecule has 1 aromatic rings. The summed E-state index contributed by atoms with van der Waals surface area (Å²) >= 11 is 0. The number of hydrogen-bond donors (Lipinski definition) is 1. The molecule has 142 valence electrons. The third kappa shape index (κ3) is 6.22. The first kappa shape index (κ1) is 21.3. The van der Waals surface area contributed by atoms with Crippen molar-refractivity contribution in [3.63, 3.8) is 0 Å². The van der Waals surface area contributed by atoms with Gasteiger partial charge in [-0.2, -0.15) is 26.3 Å². The van der Waals surface area contributed by atoms with Crippen LogP contribution in [-0.2, 0) is 16.8 Å². The molecule has 0 aliphatic carbocycles. The zero-order chi connectivity index (χ0) is 19.6. The van der Waals surface area contributed by atoms with E-state index in [1.807, 2.05) is 20.8 Å². The summed E-state index contributed by atoms with van der Waals surface area (Å²) in [7, 11) is 0. The fourth-order valence-electron chi connectivity index (χ4n) is 2.04. The van der Waals surface area contributed by atoms with Crippen LogP contribution in [0.5, 0.6) is 0 Å². The molecule has 0 bridgehead atoms. The lowest BCUT2D eigenvalue weighted by atomic mass is 9.87. The summed E-state index contributed by atoms with van der Waals surface area (Å²) in [6.45, 7) is 3.56. The van der Waals surface area contributed by atoms with E-state index in [0.717, 1.165) is 5.56 Å². The van der Waals surface area contributed by atoms with Gasteiger partial charge in [-0.15, -0.1) is 0 Å². The topological polar surface area (TPSA) is 40.5 Å². The number of aliphatic hydroxyl groups is 1.